The molecule has 0 radical (unpaired) electrons. The van der Waals surface area contributed by atoms with Crippen LogP contribution >= 0.6 is 39.0 Å². The van der Waals surface area contributed by atoms with Gasteiger partial charge < -0.3 is 5.32 Å². The summed E-state index contributed by atoms with van der Waals surface area (Å²) < 4.78 is 1.21. The average Bonchev–Trinajstić information content (AvgIpc) is 2.52. The summed E-state index contributed by atoms with van der Waals surface area (Å²) >= 11 is 7.37. The molecule has 0 spiro atoms. The second kappa shape index (κ2) is 4.34. The fourth-order valence-electron chi connectivity index (χ4n) is 1.48. The Morgan fingerprint density at radius 2 is 2.38 bits per heavy atom. The zero-order valence-corrected chi connectivity index (χ0v) is 10.6. The molecule has 1 fully saturated rings. The topological polar surface area (TPSA) is 12.0 Å². The normalized spacial score (nSPS) is 29.1. The fourth-order valence-corrected chi connectivity index (χ4v) is 4.19. The monoisotopic (exact) mass is 277 g/mol. The van der Waals surface area contributed by atoms with Gasteiger partial charge in [-0.1, -0.05) is 0 Å². The first kappa shape index (κ1) is 10.0. The molecule has 0 saturated carbocycles. The van der Waals surface area contributed by atoms with Crippen molar-refractivity contribution in [2.45, 2.75) is 19.0 Å². The van der Waals surface area contributed by atoms with Crippen LogP contribution in [0.1, 0.15) is 17.8 Å². The van der Waals surface area contributed by atoms with Gasteiger partial charge in [0.2, 0.25) is 0 Å². The van der Waals surface area contributed by atoms with E-state index in [0.717, 1.165) is 0 Å². The molecule has 1 nitrogen and oxygen atoms in total. The first-order valence-electron chi connectivity index (χ1n) is 4.33. The molecule has 2 rings (SSSR count). The van der Waals surface area contributed by atoms with Gasteiger partial charge >= 0.3 is 0 Å². The summed E-state index contributed by atoms with van der Waals surface area (Å²) in [5.74, 6) is 2.44. The number of halogens is 1. The molecular weight excluding hydrogens is 266 g/mol. The number of rotatable bonds is 1. The van der Waals surface area contributed by atoms with Gasteiger partial charge in [-0.25, -0.2) is 0 Å². The van der Waals surface area contributed by atoms with Crippen molar-refractivity contribution in [3.05, 3.63) is 20.8 Å². The van der Waals surface area contributed by atoms with E-state index in [1.807, 2.05) is 23.1 Å². The van der Waals surface area contributed by atoms with Crippen LogP contribution in [0.2, 0.25) is 0 Å². The molecular formula is C9H12BrNS2. The molecule has 1 saturated heterocycles. The largest absolute Gasteiger partial charge is 0.305 e. The second-order valence-electron chi connectivity index (χ2n) is 3.33. The zero-order valence-electron chi connectivity index (χ0n) is 7.42. The summed E-state index contributed by atoms with van der Waals surface area (Å²) in [6.45, 7) is 2.25. The van der Waals surface area contributed by atoms with E-state index in [9.17, 15) is 0 Å². The second-order valence-corrected chi connectivity index (χ2v) is 6.26. The minimum atomic E-state index is 0.560. The lowest BCUT2D eigenvalue weighted by Gasteiger charge is -2.27. The van der Waals surface area contributed by atoms with E-state index < -0.39 is 0 Å². The smallest absolute Gasteiger partial charge is 0.0509 e. The summed E-state index contributed by atoms with van der Waals surface area (Å²) in [6, 6.07) is 3.43. The number of hydrogen-bond donors (Lipinski definition) is 1. The fraction of sp³-hybridized carbons (Fsp3) is 0.556. The molecule has 2 heterocycles. The van der Waals surface area contributed by atoms with Crippen molar-refractivity contribution in [3.8, 4) is 0 Å². The third kappa shape index (κ3) is 2.49. The zero-order chi connectivity index (χ0) is 9.26. The molecule has 13 heavy (non-hydrogen) atoms. The molecule has 1 aliphatic rings. The van der Waals surface area contributed by atoms with Crippen molar-refractivity contribution in [2.75, 3.05) is 11.5 Å². The minimum absolute atomic E-state index is 0.560. The maximum absolute atomic E-state index is 3.61. The van der Waals surface area contributed by atoms with Gasteiger partial charge in [-0.2, -0.15) is 11.8 Å². The number of thioether (sulfide) groups is 1. The highest BCUT2D eigenvalue weighted by Crippen LogP contribution is 2.30. The van der Waals surface area contributed by atoms with E-state index in [4.69, 9.17) is 0 Å². The van der Waals surface area contributed by atoms with Crippen molar-refractivity contribution in [1.82, 2.24) is 5.32 Å². The van der Waals surface area contributed by atoms with E-state index in [1.165, 1.54) is 20.9 Å². The van der Waals surface area contributed by atoms with Gasteiger partial charge in [0.05, 0.1) is 6.04 Å². The molecule has 0 aliphatic carbocycles. The molecule has 0 aromatic carbocycles. The van der Waals surface area contributed by atoms with E-state index in [1.54, 1.807) is 0 Å². The molecule has 1 aliphatic heterocycles. The third-order valence-electron chi connectivity index (χ3n) is 2.07. The van der Waals surface area contributed by atoms with Crippen LogP contribution in [0, 0.1) is 0 Å². The van der Waals surface area contributed by atoms with E-state index in [0.29, 0.717) is 12.1 Å². The molecule has 72 valence electrons. The standard InChI is InChI=1S/C9H12BrNS2/c1-6-3-12-5-8(11-6)9-2-7(10)4-13-9/h2,4,6,8,11H,3,5H2,1H3. The van der Waals surface area contributed by atoms with Crippen molar-refractivity contribution in [3.63, 3.8) is 0 Å². The van der Waals surface area contributed by atoms with Crippen LogP contribution in [-0.4, -0.2) is 17.5 Å². The van der Waals surface area contributed by atoms with Gasteiger partial charge in [0.1, 0.15) is 0 Å². The Morgan fingerprint density at radius 3 is 3.00 bits per heavy atom. The summed E-state index contributed by atoms with van der Waals surface area (Å²) in [7, 11) is 0. The summed E-state index contributed by atoms with van der Waals surface area (Å²) in [6.07, 6.45) is 0. The molecule has 1 N–H and O–H groups in total. The Bertz CT molecular complexity index is 287. The average molecular weight is 278 g/mol. The maximum atomic E-state index is 3.61. The summed E-state index contributed by atoms with van der Waals surface area (Å²) in [5.41, 5.74) is 0. The van der Waals surface area contributed by atoms with Crippen LogP contribution in [0.25, 0.3) is 0 Å². The molecule has 4 heteroatoms. The molecule has 1 aromatic rings. The first-order chi connectivity index (χ1) is 6.25. The lowest BCUT2D eigenvalue weighted by molar-refractivity contribution is 0.508. The molecule has 1 aromatic heterocycles. The van der Waals surface area contributed by atoms with Crippen LogP contribution in [0.15, 0.2) is 15.9 Å². The highest BCUT2D eigenvalue weighted by Gasteiger charge is 2.20. The Balaban J connectivity index is 2.08. The van der Waals surface area contributed by atoms with Crippen molar-refractivity contribution < 1.29 is 0 Å². The van der Waals surface area contributed by atoms with Crippen molar-refractivity contribution >= 4 is 39.0 Å². The van der Waals surface area contributed by atoms with Crippen LogP contribution in [0.3, 0.4) is 0 Å². The Labute approximate surface area is 95.4 Å². The van der Waals surface area contributed by atoms with Gasteiger partial charge in [0, 0.05) is 32.3 Å². The van der Waals surface area contributed by atoms with Crippen molar-refractivity contribution in [1.29, 1.82) is 0 Å². The van der Waals surface area contributed by atoms with Crippen LogP contribution < -0.4 is 5.32 Å². The van der Waals surface area contributed by atoms with Gasteiger partial charge in [-0.05, 0) is 28.9 Å². The Morgan fingerprint density at radius 1 is 1.54 bits per heavy atom. The van der Waals surface area contributed by atoms with Crippen molar-refractivity contribution in [2.24, 2.45) is 0 Å². The summed E-state index contributed by atoms with van der Waals surface area (Å²) in [5, 5.41) is 5.77. The lowest BCUT2D eigenvalue weighted by atomic mass is 10.2. The van der Waals surface area contributed by atoms with Gasteiger partial charge in [-0.15, -0.1) is 11.3 Å². The Hall–Kier alpha value is 0.490. The van der Waals surface area contributed by atoms with Crippen LogP contribution in [0.5, 0.6) is 0 Å². The lowest BCUT2D eigenvalue weighted by Crippen LogP contribution is -2.37. The predicted octanol–water partition coefficient (Wildman–Crippen LogP) is 3.28. The Kier molecular flexibility index (Phi) is 3.35. The minimum Gasteiger partial charge on any atom is -0.305 e. The summed E-state index contributed by atoms with van der Waals surface area (Å²) in [4.78, 5) is 1.45. The predicted molar refractivity (Wildman–Crippen MR) is 64.7 cm³/mol. The number of nitrogens with one attached hydrogen (secondary N) is 1. The number of thiophene rings is 1. The van der Waals surface area contributed by atoms with Crippen LogP contribution in [-0.2, 0) is 0 Å². The third-order valence-corrected chi connectivity index (χ3v) is 5.18. The van der Waals surface area contributed by atoms with E-state index >= 15 is 0 Å². The SMILES string of the molecule is CC1CSCC(c2cc(Br)cs2)N1. The van der Waals surface area contributed by atoms with E-state index in [-0.39, 0.29) is 0 Å². The highest BCUT2D eigenvalue weighted by atomic mass is 79.9. The van der Waals surface area contributed by atoms with Gasteiger partial charge in [0.25, 0.3) is 0 Å². The van der Waals surface area contributed by atoms with Gasteiger partial charge in [0.15, 0.2) is 0 Å². The molecule has 2 atom stereocenters. The quantitative estimate of drug-likeness (QED) is 0.846. The maximum Gasteiger partial charge on any atom is 0.0509 e. The first-order valence-corrected chi connectivity index (χ1v) is 7.16. The molecule has 2 unspecified atom stereocenters. The van der Waals surface area contributed by atoms with E-state index in [2.05, 4.69) is 39.6 Å². The highest BCUT2D eigenvalue weighted by molar-refractivity contribution is 9.10. The van der Waals surface area contributed by atoms with Crippen LogP contribution in [0.4, 0.5) is 0 Å². The number of hydrogen-bond acceptors (Lipinski definition) is 3. The molecule has 0 bridgehead atoms. The van der Waals surface area contributed by atoms with Gasteiger partial charge in [-0.3, -0.25) is 0 Å². The molecule has 0 amide bonds.